The maximum Gasteiger partial charge on any atom is 0.257 e. The molecule has 12 aromatic rings. The lowest BCUT2D eigenvalue weighted by atomic mass is 10.1. The van der Waals surface area contributed by atoms with Crippen molar-refractivity contribution in [2.24, 2.45) is 27.1 Å². The number of pyridine rings is 8. The van der Waals surface area contributed by atoms with E-state index in [2.05, 4.69) is 76.2 Å². The molecule has 0 aromatic carbocycles. The normalized spacial score (nSPS) is 11.6. The van der Waals surface area contributed by atoms with Crippen LogP contribution < -0.4 is 16.0 Å². The van der Waals surface area contributed by atoms with E-state index in [1.54, 1.807) is 127 Å². The molecule has 22 heteroatoms. The number of carbonyl (C=O) groups is 3. The molecule has 414 valence electrons. The minimum atomic E-state index is -0.265. The van der Waals surface area contributed by atoms with Gasteiger partial charge in [-0.2, -0.15) is 20.4 Å². The zero-order valence-corrected chi connectivity index (χ0v) is 45.7. The molecular weight excluding hydrogens is 1060 g/mol. The van der Waals surface area contributed by atoms with Crippen LogP contribution in [0.4, 0.5) is 17.1 Å². The summed E-state index contributed by atoms with van der Waals surface area (Å²) in [5.41, 5.74) is 12.4. The maximum atomic E-state index is 12.9. The number of hydrogen-bond donors (Lipinski definition) is 3. The average molecular weight is 1110 g/mol. The third-order valence-corrected chi connectivity index (χ3v) is 13.1. The van der Waals surface area contributed by atoms with E-state index in [0.29, 0.717) is 67.9 Å². The van der Waals surface area contributed by atoms with Crippen molar-refractivity contribution >= 4 is 34.8 Å². The molecule has 1 aliphatic carbocycles. The van der Waals surface area contributed by atoms with Gasteiger partial charge in [0.2, 0.25) is 0 Å². The van der Waals surface area contributed by atoms with E-state index in [1.165, 1.54) is 25.2 Å². The van der Waals surface area contributed by atoms with E-state index in [1.807, 2.05) is 109 Å². The van der Waals surface area contributed by atoms with Crippen molar-refractivity contribution in [1.82, 2.24) is 79.0 Å². The fourth-order valence-electron chi connectivity index (χ4n) is 8.82. The summed E-state index contributed by atoms with van der Waals surface area (Å²) in [6.07, 6.45) is 33.4. The molecule has 0 radical (unpaired) electrons. The van der Waals surface area contributed by atoms with Gasteiger partial charge in [-0.15, -0.1) is 0 Å². The highest BCUT2D eigenvalue weighted by molar-refractivity contribution is 6.08. The Kier molecular flexibility index (Phi) is 16.4. The fourth-order valence-corrected chi connectivity index (χ4v) is 8.82. The SMILES string of the molecule is Cn1cc(NC(=O)c2cncc(-c3cccnc3)c2)c(-c2ccccn2)n1.Cn1cc(NC(=O)c2cncc(-c3ccncc3)c2)c(-c2ccccn2)n1.Cn1cc(NC(=O)c2cncc(-c3cnn(CC4CC4)c3)c2)c(-c2ccccn2)n1. The lowest BCUT2D eigenvalue weighted by molar-refractivity contribution is 0.101. The monoisotopic (exact) mass is 1110 g/mol. The highest BCUT2D eigenvalue weighted by Gasteiger charge is 2.23. The number of aryl methyl sites for hydroxylation is 3. The van der Waals surface area contributed by atoms with Gasteiger partial charge in [0.25, 0.3) is 17.7 Å². The van der Waals surface area contributed by atoms with Crippen LogP contribution in [-0.4, -0.2) is 96.7 Å². The lowest BCUT2D eigenvalue weighted by Gasteiger charge is -2.07. The highest BCUT2D eigenvalue weighted by atomic mass is 16.2. The minimum absolute atomic E-state index is 0.250. The van der Waals surface area contributed by atoms with Crippen LogP contribution in [0, 0.1) is 5.92 Å². The summed E-state index contributed by atoms with van der Waals surface area (Å²) in [6.45, 7) is 0.949. The molecule has 0 spiro atoms. The van der Waals surface area contributed by atoms with Crippen molar-refractivity contribution in [2.45, 2.75) is 19.4 Å². The number of rotatable bonds is 14. The molecular formula is C62H53N19O3. The highest BCUT2D eigenvalue weighted by Crippen LogP contribution is 2.32. The van der Waals surface area contributed by atoms with Gasteiger partial charge in [-0.1, -0.05) is 24.3 Å². The molecule has 84 heavy (non-hydrogen) atoms. The Morgan fingerprint density at radius 3 is 1.25 bits per heavy atom. The van der Waals surface area contributed by atoms with Crippen LogP contribution >= 0.6 is 0 Å². The number of aromatic nitrogens is 16. The van der Waals surface area contributed by atoms with E-state index in [-0.39, 0.29) is 17.7 Å². The summed E-state index contributed by atoms with van der Waals surface area (Å²) in [6, 6.07) is 29.7. The standard InChI is InChI=1S/C22H21N7O.2C20H16N6O/c1-28-14-20(21(27-28)19-4-2-3-7-24-19)26-22(30)17-8-16(9-23-10-17)18-11-25-29(13-18)12-15-5-6-15;1-26-13-18(19(25-26)17-6-2-3-8-23-17)24-20(27)16-9-15(11-22-12-16)14-5-4-7-21-10-14;1-26-13-18(19(25-26)17-4-2-3-7-23-17)24-20(27)16-10-15(11-22-12-16)14-5-8-21-9-6-14/h2-4,7-11,13-15H,5-6,12H2,1H3,(H,26,30);2*2-13H,1H3,(H,24,27). The van der Waals surface area contributed by atoms with Crippen LogP contribution in [0.5, 0.6) is 0 Å². The molecule has 0 unspecified atom stereocenters. The summed E-state index contributed by atoms with van der Waals surface area (Å²) in [4.78, 5) is 72.2. The predicted octanol–water partition coefficient (Wildman–Crippen LogP) is 9.79. The number of nitrogens with one attached hydrogen (secondary N) is 3. The Hall–Kier alpha value is -11.6. The van der Waals surface area contributed by atoms with Crippen LogP contribution in [0.25, 0.3) is 67.5 Å². The number of anilines is 3. The van der Waals surface area contributed by atoms with E-state index in [9.17, 15) is 14.4 Å². The van der Waals surface area contributed by atoms with Crippen LogP contribution in [0.2, 0.25) is 0 Å². The van der Waals surface area contributed by atoms with Crippen molar-refractivity contribution in [3.05, 3.63) is 225 Å². The second-order valence-corrected chi connectivity index (χ2v) is 19.5. The third-order valence-electron chi connectivity index (χ3n) is 13.1. The van der Waals surface area contributed by atoms with E-state index >= 15 is 0 Å². The van der Waals surface area contributed by atoms with Crippen LogP contribution in [0.3, 0.4) is 0 Å². The number of hydrogen-bond acceptors (Lipinski definition) is 15. The minimum Gasteiger partial charge on any atom is -0.319 e. The first-order chi connectivity index (χ1) is 41.1. The first kappa shape index (κ1) is 54.4. The quantitative estimate of drug-likeness (QED) is 0.0915. The van der Waals surface area contributed by atoms with Crippen LogP contribution in [-0.2, 0) is 27.7 Å². The van der Waals surface area contributed by atoms with Crippen molar-refractivity contribution < 1.29 is 14.4 Å². The molecule has 0 aliphatic heterocycles. The predicted molar refractivity (Wildman–Crippen MR) is 316 cm³/mol. The molecule has 12 aromatic heterocycles. The van der Waals surface area contributed by atoms with Gasteiger partial charge in [0.1, 0.15) is 17.1 Å². The molecule has 3 N–H and O–H groups in total. The van der Waals surface area contributed by atoms with Gasteiger partial charge in [-0.25, -0.2) is 0 Å². The van der Waals surface area contributed by atoms with Gasteiger partial charge in [-0.05, 0) is 97.1 Å². The summed E-state index contributed by atoms with van der Waals surface area (Å²) in [5.74, 6) is -0.0253. The number of nitrogens with zero attached hydrogens (tertiary/aromatic N) is 16. The van der Waals surface area contributed by atoms with Crippen molar-refractivity contribution in [3.63, 3.8) is 0 Å². The van der Waals surface area contributed by atoms with Gasteiger partial charge in [0, 0.05) is 161 Å². The van der Waals surface area contributed by atoms with Gasteiger partial charge in [-0.3, -0.25) is 73.0 Å². The Balaban J connectivity index is 0.000000132. The zero-order chi connectivity index (χ0) is 57.8. The summed E-state index contributed by atoms with van der Waals surface area (Å²) >= 11 is 0. The lowest BCUT2D eigenvalue weighted by Crippen LogP contribution is -2.12. The molecule has 12 heterocycles. The number of carbonyl (C=O) groups excluding carboxylic acids is 3. The van der Waals surface area contributed by atoms with Crippen LogP contribution in [0.1, 0.15) is 43.9 Å². The summed E-state index contributed by atoms with van der Waals surface area (Å²) < 4.78 is 6.91. The topological polar surface area (TPSA) is 262 Å². The first-order valence-corrected chi connectivity index (χ1v) is 26.5. The van der Waals surface area contributed by atoms with E-state index in [0.717, 1.165) is 45.8 Å². The first-order valence-electron chi connectivity index (χ1n) is 26.5. The van der Waals surface area contributed by atoms with Gasteiger partial charge >= 0.3 is 0 Å². The Labute approximate surface area is 481 Å². The molecule has 1 saturated carbocycles. The van der Waals surface area contributed by atoms with Crippen molar-refractivity contribution in [2.75, 3.05) is 16.0 Å². The maximum absolute atomic E-state index is 12.9. The Morgan fingerprint density at radius 1 is 0.417 bits per heavy atom. The van der Waals surface area contributed by atoms with Crippen molar-refractivity contribution in [3.8, 4) is 67.5 Å². The van der Waals surface area contributed by atoms with E-state index in [4.69, 9.17) is 0 Å². The third kappa shape index (κ3) is 13.5. The molecule has 1 fully saturated rings. The molecule has 0 saturated heterocycles. The Bertz CT molecular complexity index is 4030. The molecule has 1 aliphatic rings. The molecule has 22 nitrogen and oxygen atoms in total. The smallest absolute Gasteiger partial charge is 0.257 e. The van der Waals surface area contributed by atoms with Gasteiger partial charge in [0.15, 0.2) is 0 Å². The number of amides is 3. The van der Waals surface area contributed by atoms with Gasteiger partial charge in [0.05, 0.1) is 57.0 Å². The average Bonchev–Trinajstić information content (AvgIpc) is 3.87. The Morgan fingerprint density at radius 2 is 0.845 bits per heavy atom. The molecule has 3 amide bonds. The summed E-state index contributed by atoms with van der Waals surface area (Å²) in [7, 11) is 5.41. The van der Waals surface area contributed by atoms with Crippen molar-refractivity contribution in [1.29, 1.82) is 0 Å². The zero-order valence-electron chi connectivity index (χ0n) is 45.7. The molecule has 0 bridgehead atoms. The second kappa shape index (κ2) is 25.3. The van der Waals surface area contributed by atoms with Crippen LogP contribution in [0.15, 0.2) is 209 Å². The molecule has 0 atom stereocenters. The second-order valence-electron chi connectivity index (χ2n) is 19.5. The van der Waals surface area contributed by atoms with E-state index < -0.39 is 0 Å². The molecule has 13 rings (SSSR count). The van der Waals surface area contributed by atoms with Gasteiger partial charge < -0.3 is 16.0 Å². The fraction of sp³-hybridized carbons (Fsp3) is 0.113. The largest absolute Gasteiger partial charge is 0.319 e. The summed E-state index contributed by atoms with van der Waals surface area (Å²) in [5, 5.41) is 26.4.